The first-order valence-corrected chi connectivity index (χ1v) is 8.31. The summed E-state index contributed by atoms with van der Waals surface area (Å²) in [6, 6.07) is 13.2. The van der Waals surface area contributed by atoms with E-state index in [4.69, 9.17) is 4.74 Å². The lowest BCUT2D eigenvalue weighted by molar-refractivity contribution is -0.384. The molecule has 0 aliphatic rings. The second-order valence-corrected chi connectivity index (χ2v) is 6.16. The smallest absolute Gasteiger partial charge is 0.338 e. The summed E-state index contributed by atoms with van der Waals surface area (Å²) in [5.41, 5.74) is 1.98. The number of pyridine rings is 1. The second kappa shape index (κ2) is 6.98. The highest BCUT2D eigenvalue weighted by Gasteiger charge is 2.16. The summed E-state index contributed by atoms with van der Waals surface area (Å²) in [5, 5.41) is 11.7. The van der Waals surface area contributed by atoms with Gasteiger partial charge in [-0.05, 0) is 31.2 Å². The summed E-state index contributed by atoms with van der Waals surface area (Å²) in [5.74, 6) is -0.459. The van der Waals surface area contributed by atoms with E-state index >= 15 is 0 Å². The third-order valence-corrected chi connectivity index (χ3v) is 4.11. The predicted octanol–water partition coefficient (Wildman–Crippen LogP) is 4.75. The number of non-ortho nitro benzene ring substituents is 1. The lowest BCUT2D eigenvalue weighted by Crippen LogP contribution is -2.06. The first-order chi connectivity index (χ1) is 12.0. The molecule has 1 aromatic heterocycles. The number of nitro groups is 1. The van der Waals surface area contributed by atoms with Crippen LogP contribution in [0.2, 0.25) is 0 Å². The molecule has 126 valence electrons. The number of nitro benzene ring substituents is 1. The van der Waals surface area contributed by atoms with Crippen LogP contribution >= 0.6 is 15.9 Å². The highest BCUT2D eigenvalue weighted by atomic mass is 79.9. The summed E-state index contributed by atoms with van der Waals surface area (Å²) in [7, 11) is 0. The molecule has 0 saturated heterocycles. The van der Waals surface area contributed by atoms with Gasteiger partial charge < -0.3 is 4.74 Å². The third-order valence-electron chi connectivity index (χ3n) is 3.62. The van der Waals surface area contributed by atoms with Crippen molar-refractivity contribution in [3.63, 3.8) is 0 Å². The van der Waals surface area contributed by atoms with Crippen molar-refractivity contribution < 1.29 is 14.5 Å². The second-order valence-electron chi connectivity index (χ2n) is 5.24. The number of halogens is 1. The minimum Gasteiger partial charge on any atom is -0.462 e. The van der Waals surface area contributed by atoms with Crippen molar-refractivity contribution >= 4 is 38.5 Å². The zero-order valence-corrected chi connectivity index (χ0v) is 14.8. The maximum Gasteiger partial charge on any atom is 0.338 e. The molecule has 2 aromatic carbocycles. The van der Waals surface area contributed by atoms with Gasteiger partial charge in [0, 0.05) is 27.6 Å². The third kappa shape index (κ3) is 3.51. The van der Waals surface area contributed by atoms with Crippen molar-refractivity contribution in [2.24, 2.45) is 0 Å². The maximum atomic E-state index is 12.4. The van der Waals surface area contributed by atoms with Gasteiger partial charge >= 0.3 is 5.97 Å². The Morgan fingerprint density at radius 3 is 2.76 bits per heavy atom. The van der Waals surface area contributed by atoms with Crippen LogP contribution in [0.3, 0.4) is 0 Å². The van der Waals surface area contributed by atoms with Gasteiger partial charge in [0.05, 0.1) is 28.3 Å². The number of carbonyl (C=O) groups is 1. The molecule has 0 spiro atoms. The molecule has 0 amide bonds. The summed E-state index contributed by atoms with van der Waals surface area (Å²) >= 11 is 3.39. The first-order valence-electron chi connectivity index (χ1n) is 7.52. The number of rotatable bonds is 4. The fourth-order valence-corrected chi connectivity index (χ4v) is 2.86. The molecule has 0 N–H and O–H groups in total. The zero-order valence-electron chi connectivity index (χ0n) is 13.2. The summed E-state index contributed by atoms with van der Waals surface area (Å²) in [4.78, 5) is 27.4. The van der Waals surface area contributed by atoms with Crippen molar-refractivity contribution in [1.29, 1.82) is 0 Å². The van der Waals surface area contributed by atoms with Crippen molar-refractivity contribution in [1.82, 2.24) is 4.98 Å². The van der Waals surface area contributed by atoms with Gasteiger partial charge in [0.25, 0.3) is 5.69 Å². The van der Waals surface area contributed by atoms with Gasteiger partial charge in [0.15, 0.2) is 0 Å². The van der Waals surface area contributed by atoms with Crippen LogP contribution in [0.5, 0.6) is 0 Å². The number of hydrogen-bond acceptors (Lipinski definition) is 5. The van der Waals surface area contributed by atoms with Gasteiger partial charge in [-0.3, -0.25) is 10.1 Å². The van der Waals surface area contributed by atoms with E-state index in [9.17, 15) is 14.9 Å². The maximum absolute atomic E-state index is 12.4. The van der Waals surface area contributed by atoms with Crippen LogP contribution in [-0.2, 0) is 4.74 Å². The lowest BCUT2D eigenvalue weighted by Gasteiger charge is -2.10. The highest BCUT2D eigenvalue weighted by molar-refractivity contribution is 9.10. The Balaban J connectivity index is 2.23. The number of ether oxygens (including phenoxy) is 1. The van der Waals surface area contributed by atoms with Crippen molar-refractivity contribution in [3.8, 4) is 11.3 Å². The number of hydrogen-bond donors (Lipinski definition) is 0. The Morgan fingerprint density at radius 2 is 2.04 bits per heavy atom. The summed E-state index contributed by atoms with van der Waals surface area (Å²) in [6.45, 7) is 1.99. The Kier molecular flexibility index (Phi) is 4.76. The summed E-state index contributed by atoms with van der Waals surface area (Å²) in [6.07, 6.45) is 0. The highest BCUT2D eigenvalue weighted by Crippen LogP contribution is 2.29. The van der Waals surface area contributed by atoms with Crippen LogP contribution < -0.4 is 0 Å². The van der Waals surface area contributed by atoms with E-state index in [1.54, 1.807) is 37.3 Å². The fourth-order valence-electron chi connectivity index (χ4n) is 2.50. The Bertz CT molecular complexity index is 988. The Hall–Kier alpha value is -2.80. The molecular formula is C18H13BrN2O4. The van der Waals surface area contributed by atoms with Crippen LogP contribution in [-0.4, -0.2) is 22.5 Å². The van der Waals surface area contributed by atoms with Crippen LogP contribution in [0.4, 0.5) is 5.69 Å². The van der Waals surface area contributed by atoms with Crippen LogP contribution in [0, 0.1) is 10.1 Å². The van der Waals surface area contributed by atoms with Gasteiger partial charge in [-0.25, -0.2) is 9.78 Å². The van der Waals surface area contributed by atoms with Gasteiger partial charge in [-0.1, -0.05) is 28.1 Å². The van der Waals surface area contributed by atoms with E-state index in [-0.39, 0.29) is 12.3 Å². The molecule has 7 heteroatoms. The standard InChI is InChI=1S/C18H13BrN2O4/c1-2-25-18(22)15-10-17(11-4-3-5-13(8-11)21(23)24)20-16-7-6-12(19)9-14(15)16/h3-10H,2H2,1H3. The normalized spacial score (nSPS) is 10.6. The predicted molar refractivity (Wildman–Crippen MR) is 97.5 cm³/mol. The van der Waals surface area contributed by atoms with E-state index in [0.29, 0.717) is 27.7 Å². The van der Waals surface area contributed by atoms with Crippen LogP contribution in [0.1, 0.15) is 17.3 Å². The zero-order chi connectivity index (χ0) is 18.0. The molecule has 1 heterocycles. The molecule has 6 nitrogen and oxygen atoms in total. The minimum atomic E-state index is -0.464. The topological polar surface area (TPSA) is 82.3 Å². The number of aromatic nitrogens is 1. The van der Waals surface area contributed by atoms with Gasteiger partial charge in [-0.2, -0.15) is 0 Å². The molecular weight excluding hydrogens is 388 g/mol. The minimum absolute atomic E-state index is 0.0344. The van der Waals surface area contributed by atoms with Crippen molar-refractivity contribution in [2.75, 3.05) is 6.61 Å². The van der Waals surface area contributed by atoms with E-state index in [1.807, 2.05) is 6.07 Å². The number of fused-ring (bicyclic) bond motifs is 1. The van der Waals surface area contributed by atoms with Crippen molar-refractivity contribution in [2.45, 2.75) is 6.92 Å². The van der Waals surface area contributed by atoms with Crippen LogP contribution in [0.15, 0.2) is 53.0 Å². The number of esters is 1. The molecule has 0 aliphatic carbocycles. The molecule has 3 rings (SSSR count). The largest absolute Gasteiger partial charge is 0.462 e. The van der Waals surface area contributed by atoms with E-state index in [1.165, 1.54) is 12.1 Å². The molecule has 0 unspecified atom stereocenters. The quantitative estimate of drug-likeness (QED) is 0.358. The molecule has 0 fully saturated rings. The molecule has 0 aliphatic heterocycles. The fraction of sp³-hybridized carbons (Fsp3) is 0.111. The van der Waals surface area contributed by atoms with E-state index in [2.05, 4.69) is 20.9 Å². The average Bonchev–Trinajstić information content (AvgIpc) is 2.61. The van der Waals surface area contributed by atoms with E-state index < -0.39 is 10.9 Å². The Labute approximate surface area is 151 Å². The lowest BCUT2D eigenvalue weighted by atomic mass is 10.0. The van der Waals surface area contributed by atoms with Crippen LogP contribution in [0.25, 0.3) is 22.2 Å². The van der Waals surface area contributed by atoms with Gasteiger partial charge in [-0.15, -0.1) is 0 Å². The monoisotopic (exact) mass is 400 g/mol. The molecule has 0 bridgehead atoms. The number of nitrogens with zero attached hydrogens (tertiary/aromatic N) is 2. The number of carbonyl (C=O) groups excluding carboxylic acids is 1. The first kappa shape index (κ1) is 17.0. The molecule has 0 radical (unpaired) electrons. The summed E-state index contributed by atoms with van der Waals surface area (Å²) < 4.78 is 5.95. The Morgan fingerprint density at radius 1 is 1.24 bits per heavy atom. The molecule has 0 saturated carbocycles. The molecule has 25 heavy (non-hydrogen) atoms. The van der Waals surface area contributed by atoms with Crippen molar-refractivity contribution in [3.05, 3.63) is 68.7 Å². The average molecular weight is 401 g/mol. The number of benzene rings is 2. The van der Waals surface area contributed by atoms with Gasteiger partial charge in [0.2, 0.25) is 0 Å². The SMILES string of the molecule is CCOC(=O)c1cc(-c2cccc([N+](=O)[O-])c2)nc2ccc(Br)cc12. The van der Waals surface area contributed by atoms with Gasteiger partial charge in [0.1, 0.15) is 0 Å². The molecule has 3 aromatic rings. The molecule has 0 atom stereocenters. The van der Waals surface area contributed by atoms with E-state index in [0.717, 1.165) is 4.47 Å².